The van der Waals surface area contributed by atoms with Crippen molar-refractivity contribution in [2.24, 2.45) is 0 Å². The minimum absolute atomic E-state index is 0.0804. The molecule has 0 aromatic heterocycles. The van der Waals surface area contributed by atoms with E-state index in [2.05, 4.69) is 0 Å². The normalized spacial score (nSPS) is 10.4. The number of likely N-dealkylation sites (N-methyl/N-ethyl adjacent to an activating group) is 1. The monoisotopic (exact) mass is 355 g/mol. The second kappa shape index (κ2) is 8.18. The molecule has 122 valence electrons. The van der Waals surface area contributed by atoms with Crippen LogP contribution in [-0.4, -0.2) is 31.0 Å². The van der Waals surface area contributed by atoms with Crippen molar-refractivity contribution in [3.63, 3.8) is 0 Å². The number of hydrogen-bond acceptors (Lipinski definition) is 2. The first-order valence-corrected chi connectivity index (χ1v) is 7.78. The van der Waals surface area contributed by atoms with Gasteiger partial charge in [0, 0.05) is 22.7 Å². The number of carbonyl (C=O) groups excluding carboxylic acids is 1. The molecule has 0 fully saturated rings. The molecule has 0 unspecified atom stereocenters. The van der Waals surface area contributed by atoms with Gasteiger partial charge >= 0.3 is 0 Å². The number of hydrogen-bond donors (Lipinski definition) is 0. The van der Waals surface area contributed by atoms with Gasteiger partial charge in [0.2, 0.25) is 5.91 Å². The zero-order chi connectivity index (χ0) is 16.8. The van der Waals surface area contributed by atoms with Crippen LogP contribution in [0.5, 0.6) is 5.75 Å². The van der Waals surface area contributed by atoms with Gasteiger partial charge in [-0.1, -0.05) is 29.3 Å². The van der Waals surface area contributed by atoms with Crippen molar-refractivity contribution < 1.29 is 13.9 Å². The Labute approximate surface area is 144 Å². The summed E-state index contributed by atoms with van der Waals surface area (Å²) in [4.78, 5) is 13.6. The van der Waals surface area contributed by atoms with Gasteiger partial charge in [-0.3, -0.25) is 4.79 Å². The smallest absolute Gasteiger partial charge is 0.227 e. The van der Waals surface area contributed by atoms with E-state index in [1.807, 2.05) is 0 Å². The number of carbonyl (C=O) groups is 1. The van der Waals surface area contributed by atoms with Crippen molar-refractivity contribution in [3.05, 3.63) is 63.9 Å². The van der Waals surface area contributed by atoms with E-state index in [-0.39, 0.29) is 22.9 Å². The first-order chi connectivity index (χ1) is 11.0. The summed E-state index contributed by atoms with van der Waals surface area (Å²) >= 11 is 11.7. The van der Waals surface area contributed by atoms with Crippen LogP contribution in [0.25, 0.3) is 0 Å². The van der Waals surface area contributed by atoms with Gasteiger partial charge < -0.3 is 9.64 Å². The summed E-state index contributed by atoms with van der Waals surface area (Å²) in [6.45, 7) is 0.711. The van der Waals surface area contributed by atoms with Gasteiger partial charge in [-0.25, -0.2) is 4.39 Å². The third kappa shape index (κ3) is 5.12. The summed E-state index contributed by atoms with van der Waals surface area (Å²) < 4.78 is 19.2. The predicted molar refractivity (Wildman–Crippen MR) is 89.7 cm³/mol. The molecular formula is C17H16Cl2FNO2. The maximum atomic E-state index is 13.7. The highest BCUT2D eigenvalue weighted by atomic mass is 35.5. The van der Waals surface area contributed by atoms with Crippen LogP contribution in [0.15, 0.2) is 42.5 Å². The Hall–Kier alpha value is -1.78. The fourth-order valence-electron chi connectivity index (χ4n) is 1.94. The van der Waals surface area contributed by atoms with E-state index in [1.54, 1.807) is 37.4 Å². The van der Waals surface area contributed by atoms with Gasteiger partial charge in [-0.15, -0.1) is 0 Å². The van der Waals surface area contributed by atoms with Crippen LogP contribution in [0.1, 0.15) is 5.56 Å². The third-order valence-electron chi connectivity index (χ3n) is 3.32. The Morgan fingerprint density at radius 2 is 1.87 bits per heavy atom. The zero-order valence-electron chi connectivity index (χ0n) is 12.6. The summed E-state index contributed by atoms with van der Waals surface area (Å²) in [5.41, 5.74) is 0.213. The SMILES string of the molecule is CN(CCOc1ccc(Cl)cc1)C(=O)Cc1c(F)cccc1Cl. The van der Waals surface area contributed by atoms with E-state index in [0.29, 0.717) is 23.9 Å². The number of halogens is 3. The predicted octanol–water partition coefficient (Wildman–Crippen LogP) is 4.21. The van der Waals surface area contributed by atoms with Crippen molar-refractivity contribution in [2.75, 3.05) is 20.2 Å². The quantitative estimate of drug-likeness (QED) is 0.776. The average molecular weight is 356 g/mol. The van der Waals surface area contributed by atoms with E-state index < -0.39 is 5.82 Å². The first-order valence-electron chi connectivity index (χ1n) is 7.02. The van der Waals surface area contributed by atoms with Crippen molar-refractivity contribution in [2.45, 2.75) is 6.42 Å². The maximum absolute atomic E-state index is 13.7. The fraction of sp³-hybridized carbons (Fsp3) is 0.235. The molecule has 23 heavy (non-hydrogen) atoms. The summed E-state index contributed by atoms with van der Waals surface area (Å²) in [6, 6.07) is 11.3. The van der Waals surface area contributed by atoms with Crippen LogP contribution < -0.4 is 4.74 Å². The molecule has 0 saturated heterocycles. The molecule has 0 saturated carbocycles. The molecule has 2 aromatic carbocycles. The Morgan fingerprint density at radius 1 is 1.17 bits per heavy atom. The van der Waals surface area contributed by atoms with E-state index >= 15 is 0 Å². The molecule has 0 aliphatic carbocycles. The highest BCUT2D eigenvalue weighted by Crippen LogP contribution is 2.20. The van der Waals surface area contributed by atoms with Crippen LogP contribution in [-0.2, 0) is 11.2 Å². The highest BCUT2D eigenvalue weighted by Gasteiger charge is 2.15. The molecular weight excluding hydrogens is 340 g/mol. The molecule has 0 aliphatic rings. The third-order valence-corrected chi connectivity index (χ3v) is 3.93. The number of rotatable bonds is 6. The van der Waals surface area contributed by atoms with Gasteiger partial charge in [0.05, 0.1) is 13.0 Å². The highest BCUT2D eigenvalue weighted by molar-refractivity contribution is 6.31. The van der Waals surface area contributed by atoms with E-state index in [4.69, 9.17) is 27.9 Å². The van der Waals surface area contributed by atoms with Crippen molar-refractivity contribution in [1.29, 1.82) is 0 Å². The number of nitrogens with zero attached hydrogens (tertiary/aromatic N) is 1. The van der Waals surface area contributed by atoms with Crippen LogP contribution in [0, 0.1) is 5.82 Å². The second-order valence-corrected chi connectivity index (χ2v) is 5.84. The van der Waals surface area contributed by atoms with Gasteiger partial charge in [-0.2, -0.15) is 0 Å². The molecule has 0 heterocycles. The minimum atomic E-state index is -0.475. The molecule has 6 heteroatoms. The topological polar surface area (TPSA) is 29.5 Å². The summed E-state index contributed by atoms with van der Waals surface area (Å²) in [7, 11) is 1.64. The fourth-order valence-corrected chi connectivity index (χ4v) is 2.30. The van der Waals surface area contributed by atoms with Gasteiger partial charge in [-0.05, 0) is 36.4 Å². The lowest BCUT2D eigenvalue weighted by Crippen LogP contribution is -2.32. The Morgan fingerprint density at radius 3 is 2.52 bits per heavy atom. The lowest BCUT2D eigenvalue weighted by atomic mass is 10.1. The largest absolute Gasteiger partial charge is 0.492 e. The van der Waals surface area contributed by atoms with Crippen LogP contribution in [0.3, 0.4) is 0 Å². The molecule has 0 atom stereocenters. The van der Waals surface area contributed by atoms with Crippen molar-refractivity contribution in [1.82, 2.24) is 4.90 Å². The molecule has 2 rings (SSSR count). The molecule has 3 nitrogen and oxygen atoms in total. The van der Waals surface area contributed by atoms with Crippen LogP contribution in [0.2, 0.25) is 10.0 Å². The molecule has 0 bridgehead atoms. The average Bonchev–Trinajstić information content (AvgIpc) is 2.52. The number of ether oxygens (including phenoxy) is 1. The van der Waals surface area contributed by atoms with Crippen molar-refractivity contribution >= 4 is 29.1 Å². The standard InChI is InChI=1S/C17H16Cl2FNO2/c1-21(9-10-23-13-7-5-12(18)6-8-13)17(22)11-14-15(19)3-2-4-16(14)20/h2-8H,9-11H2,1H3. The van der Waals surface area contributed by atoms with Gasteiger partial charge in [0.1, 0.15) is 18.2 Å². The van der Waals surface area contributed by atoms with Crippen LogP contribution >= 0.6 is 23.2 Å². The van der Waals surface area contributed by atoms with E-state index in [1.165, 1.54) is 17.0 Å². The number of amides is 1. The molecule has 0 spiro atoms. The molecule has 2 aromatic rings. The summed E-state index contributed by atoms with van der Waals surface area (Å²) in [6.07, 6.45) is -0.0804. The van der Waals surface area contributed by atoms with E-state index in [0.717, 1.165) is 0 Å². The second-order valence-electron chi connectivity index (χ2n) is 4.99. The zero-order valence-corrected chi connectivity index (χ0v) is 14.1. The lowest BCUT2D eigenvalue weighted by molar-refractivity contribution is -0.129. The molecule has 0 radical (unpaired) electrons. The minimum Gasteiger partial charge on any atom is -0.492 e. The molecule has 1 amide bonds. The molecule has 0 N–H and O–H groups in total. The Bertz CT molecular complexity index is 657. The number of benzene rings is 2. The molecule has 0 aliphatic heterocycles. The maximum Gasteiger partial charge on any atom is 0.227 e. The van der Waals surface area contributed by atoms with Gasteiger partial charge in [0.15, 0.2) is 0 Å². The summed E-state index contributed by atoms with van der Waals surface area (Å²) in [5, 5.41) is 0.885. The van der Waals surface area contributed by atoms with Crippen LogP contribution in [0.4, 0.5) is 4.39 Å². The lowest BCUT2D eigenvalue weighted by Gasteiger charge is -2.18. The Kier molecular flexibility index (Phi) is 6.25. The summed E-state index contributed by atoms with van der Waals surface area (Å²) in [5.74, 6) is -0.0271. The van der Waals surface area contributed by atoms with Gasteiger partial charge in [0.25, 0.3) is 0 Å². The van der Waals surface area contributed by atoms with Crippen molar-refractivity contribution in [3.8, 4) is 5.75 Å². The van der Waals surface area contributed by atoms with E-state index in [9.17, 15) is 9.18 Å². The first kappa shape index (κ1) is 17.6. The Balaban J connectivity index is 1.84.